The van der Waals surface area contributed by atoms with Crippen molar-refractivity contribution in [3.8, 4) is 0 Å². The van der Waals surface area contributed by atoms with Crippen LogP contribution < -0.4 is 0 Å². The lowest BCUT2D eigenvalue weighted by Gasteiger charge is -2.39. The predicted octanol–water partition coefficient (Wildman–Crippen LogP) is 8.99. The second kappa shape index (κ2) is 24.3. The van der Waals surface area contributed by atoms with Crippen molar-refractivity contribution in [3.05, 3.63) is 16.0 Å². The van der Waals surface area contributed by atoms with Crippen LogP contribution in [0.1, 0.15) is 130 Å². The van der Waals surface area contributed by atoms with Crippen LogP contribution in [0.25, 0.3) is 16.0 Å². The molecule has 0 spiro atoms. The van der Waals surface area contributed by atoms with Gasteiger partial charge in [0.1, 0.15) is 0 Å². The van der Waals surface area contributed by atoms with Crippen molar-refractivity contribution in [1.82, 2.24) is 0 Å². The van der Waals surface area contributed by atoms with Gasteiger partial charge in [-0.1, -0.05) is 79.1 Å². The minimum atomic E-state index is 1.36. The van der Waals surface area contributed by atoms with E-state index >= 15 is 0 Å². The van der Waals surface area contributed by atoms with Crippen molar-refractivity contribution in [2.45, 2.75) is 130 Å². The van der Waals surface area contributed by atoms with Gasteiger partial charge in [0.05, 0.1) is 26.2 Å². The fourth-order valence-electron chi connectivity index (χ4n) is 4.17. The molecule has 4 nitrogen and oxygen atoms in total. The number of hydrogen-bond donors (Lipinski definition) is 0. The fourth-order valence-corrected chi connectivity index (χ4v) is 4.17. The minimum Gasteiger partial charge on any atom is -0.373 e. The first kappa shape index (κ1) is 29.5. The highest BCUT2D eigenvalue weighted by molar-refractivity contribution is 4.53. The molecule has 0 heterocycles. The van der Waals surface area contributed by atoms with E-state index in [1.54, 1.807) is 0 Å². The third kappa shape index (κ3) is 20.0. The number of rotatable bonds is 20. The third-order valence-electron chi connectivity index (χ3n) is 5.94. The highest BCUT2D eigenvalue weighted by Gasteiger charge is 2.25. The molecule has 0 radical (unpaired) electrons. The van der Waals surface area contributed by atoms with Gasteiger partial charge in [-0.2, -0.15) is 0 Å². The summed E-state index contributed by atoms with van der Waals surface area (Å²) >= 11 is 0. The van der Waals surface area contributed by atoms with Gasteiger partial charge in [0.15, 0.2) is 0 Å². The summed E-state index contributed by atoms with van der Waals surface area (Å²) in [5.41, 5.74) is 13.5. The summed E-state index contributed by atoms with van der Waals surface area (Å²) in [4.78, 5) is 1.50. The Balaban J connectivity index is 0. The standard InChI is InChI=1S/C24H52N.N3/c1-5-9-13-17-21-25(22-18-14-10-6-2,23-19-15-11-7-3)24-20-16-12-8-4;1-3-2/h5-24H2,1-4H3;/q+1;-1. The van der Waals surface area contributed by atoms with Crippen LogP contribution in [-0.2, 0) is 0 Å². The van der Waals surface area contributed by atoms with Crippen LogP contribution in [-0.4, -0.2) is 30.7 Å². The highest BCUT2D eigenvalue weighted by Crippen LogP contribution is 2.19. The van der Waals surface area contributed by atoms with Crippen molar-refractivity contribution in [3.63, 3.8) is 0 Å². The molecule has 0 saturated heterocycles. The summed E-state index contributed by atoms with van der Waals surface area (Å²) in [7, 11) is 0. The monoisotopic (exact) mass is 396 g/mol. The van der Waals surface area contributed by atoms with Gasteiger partial charge in [-0.15, -0.1) is 0 Å². The molecule has 0 fully saturated rings. The molecule has 168 valence electrons. The summed E-state index contributed by atoms with van der Waals surface area (Å²) in [6.07, 6.45) is 22.8. The number of hydrogen-bond acceptors (Lipinski definition) is 0. The molecule has 0 amide bonds. The Labute approximate surface area is 177 Å². The largest absolute Gasteiger partial charge is 0.373 e. The molecule has 0 saturated carbocycles. The van der Waals surface area contributed by atoms with Crippen LogP contribution >= 0.6 is 0 Å². The highest BCUT2D eigenvalue weighted by atomic mass is 15.3. The summed E-state index contributed by atoms with van der Waals surface area (Å²) in [5.74, 6) is 0. The second-order valence-corrected chi connectivity index (χ2v) is 8.57. The van der Waals surface area contributed by atoms with E-state index in [4.69, 9.17) is 11.1 Å². The van der Waals surface area contributed by atoms with E-state index in [1.165, 1.54) is 138 Å². The second-order valence-electron chi connectivity index (χ2n) is 8.57. The van der Waals surface area contributed by atoms with Gasteiger partial charge in [-0.05, 0) is 51.4 Å². The molecule has 28 heavy (non-hydrogen) atoms. The Morgan fingerprint density at radius 1 is 0.429 bits per heavy atom. The van der Waals surface area contributed by atoms with E-state index in [-0.39, 0.29) is 0 Å². The van der Waals surface area contributed by atoms with Gasteiger partial charge in [0.25, 0.3) is 0 Å². The average Bonchev–Trinajstić information content (AvgIpc) is 2.70. The maximum Gasteiger partial charge on any atom is 0.0786 e. The summed E-state index contributed by atoms with van der Waals surface area (Å²) in [6, 6.07) is 0. The molecule has 0 atom stereocenters. The first-order valence-electron chi connectivity index (χ1n) is 12.5. The van der Waals surface area contributed by atoms with E-state index in [0.29, 0.717) is 0 Å². The van der Waals surface area contributed by atoms with Gasteiger partial charge in [-0.3, -0.25) is 4.91 Å². The molecule has 4 heteroatoms. The zero-order valence-electron chi connectivity index (χ0n) is 19.9. The molecular formula is C24H52N4. The molecule has 0 N–H and O–H groups in total. The molecular weight excluding hydrogens is 344 g/mol. The Kier molecular flexibility index (Phi) is 25.6. The third-order valence-corrected chi connectivity index (χ3v) is 5.94. The molecule has 0 aromatic carbocycles. The number of unbranched alkanes of at least 4 members (excludes halogenated alkanes) is 12. The number of nitrogens with zero attached hydrogens (tertiary/aromatic N) is 4. The van der Waals surface area contributed by atoms with Gasteiger partial charge >= 0.3 is 0 Å². The average molecular weight is 397 g/mol. The molecule has 0 bridgehead atoms. The van der Waals surface area contributed by atoms with Crippen LogP contribution in [0.3, 0.4) is 0 Å². The van der Waals surface area contributed by atoms with Gasteiger partial charge in [0, 0.05) is 0 Å². The quantitative estimate of drug-likeness (QED) is 0.0648. The van der Waals surface area contributed by atoms with Gasteiger partial charge in [0.2, 0.25) is 0 Å². The van der Waals surface area contributed by atoms with Crippen LogP contribution in [0.15, 0.2) is 0 Å². The minimum absolute atomic E-state index is 1.36. The van der Waals surface area contributed by atoms with Crippen LogP contribution in [0, 0.1) is 0 Å². The Morgan fingerprint density at radius 2 is 0.643 bits per heavy atom. The molecule has 0 aliphatic rings. The molecule has 0 aromatic heterocycles. The first-order chi connectivity index (χ1) is 13.7. The van der Waals surface area contributed by atoms with E-state index < -0.39 is 0 Å². The molecule has 0 aliphatic heterocycles. The van der Waals surface area contributed by atoms with E-state index in [1.807, 2.05) is 0 Å². The summed E-state index contributed by atoms with van der Waals surface area (Å²) in [6.45, 7) is 15.2. The van der Waals surface area contributed by atoms with Crippen molar-refractivity contribution in [2.24, 2.45) is 0 Å². The van der Waals surface area contributed by atoms with Crippen molar-refractivity contribution < 1.29 is 4.48 Å². The molecule has 0 unspecified atom stereocenters. The lowest BCUT2D eigenvalue weighted by Crippen LogP contribution is -2.50. The smallest absolute Gasteiger partial charge is 0.0786 e. The van der Waals surface area contributed by atoms with E-state index in [2.05, 4.69) is 27.7 Å². The Bertz CT molecular complexity index is 271. The topological polar surface area (TPSA) is 58.7 Å². The van der Waals surface area contributed by atoms with Crippen LogP contribution in [0.4, 0.5) is 0 Å². The normalized spacial score (nSPS) is 11.0. The van der Waals surface area contributed by atoms with Crippen molar-refractivity contribution in [1.29, 1.82) is 0 Å². The SMILES string of the molecule is CCCCCC[N+](CCCCCC)(CCCCCC)CCCCCC.[N-]=[N+]=[N-]. The first-order valence-corrected chi connectivity index (χ1v) is 12.5. The maximum atomic E-state index is 6.75. The van der Waals surface area contributed by atoms with Crippen molar-refractivity contribution in [2.75, 3.05) is 26.2 Å². The number of quaternary nitrogens is 1. The van der Waals surface area contributed by atoms with Crippen molar-refractivity contribution >= 4 is 0 Å². The van der Waals surface area contributed by atoms with E-state index in [9.17, 15) is 0 Å². The lowest BCUT2D eigenvalue weighted by atomic mass is 10.1. The molecule has 0 rings (SSSR count). The fraction of sp³-hybridized carbons (Fsp3) is 1.00. The maximum absolute atomic E-state index is 6.75. The van der Waals surface area contributed by atoms with Gasteiger partial charge < -0.3 is 15.5 Å². The Hall–Kier alpha value is -0.730. The van der Waals surface area contributed by atoms with E-state index in [0.717, 1.165) is 0 Å². The zero-order chi connectivity index (χ0) is 21.3. The molecule has 0 aromatic rings. The lowest BCUT2D eigenvalue weighted by molar-refractivity contribution is -0.929. The summed E-state index contributed by atoms with van der Waals surface area (Å²) in [5, 5.41) is 0. The van der Waals surface area contributed by atoms with Crippen LogP contribution in [0.2, 0.25) is 0 Å². The van der Waals surface area contributed by atoms with Gasteiger partial charge in [-0.25, -0.2) is 0 Å². The molecule has 0 aliphatic carbocycles. The summed E-state index contributed by atoms with van der Waals surface area (Å²) < 4.78 is 1.46. The predicted molar refractivity (Wildman–Crippen MR) is 126 cm³/mol. The zero-order valence-corrected chi connectivity index (χ0v) is 19.9. The van der Waals surface area contributed by atoms with Crippen LogP contribution in [0.5, 0.6) is 0 Å². The Morgan fingerprint density at radius 3 is 0.821 bits per heavy atom.